The molecule has 0 aliphatic carbocycles. The highest BCUT2D eigenvalue weighted by Gasteiger charge is 2.26. The Kier molecular flexibility index (Phi) is 4.49. The lowest BCUT2D eigenvalue weighted by atomic mass is 10.2. The Balaban J connectivity index is 2.27. The summed E-state index contributed by atoms with van der Waals surface area (Å²) in [5, 5.41) is 0. The molecule has 106 valence electrons. The van der Waals surface area contributed by atoms with Crippen LogP contribution in [0.4, 0.5) is 5.69 Å². The number of fused-ring (bicyclic) bond motifs is 1. The molecule has 2 rings (SSSR count). The van der Waals surface area contributed by atoms with Crippen molar-refractivity contribution in [3.8, 4) is 0 Å². The Bertz CT molecular complexity index is 569. The van der Waals surface area contributed by atoms with Gasteiger partial charge in [-0.2, -0.15) is 0 Å². The van der Waals surface area contributed by atoms with E-state index in [1.54, 1.807) is 23.9 Å². The lowest BCUT2D eigenvalue weighted by Crippen LogP contribution is -2.32. The molecule has 1 aliphatic rings. The normalized spacial score (nSPS) is 16.2. The third-order valence-corrected chi connectivity index (χ3v) is 4.23. The second-order valence-corrected chi connectivity index (χ2v) is 5.79. The molecule has 1 aliphatic heterocycles. The van der Waals surface area contributed by atoms with Gasteiger partial charge in [0.15, 0.2) is 0 Å². The van der Waals surface area contributed by atoms with Crippen LogP contribution in [0.5, 0.6) is 0 Å². The van der Waals surface area contributed by atoms with Crippen molar-refractivity contribution in [1.82, 2.24) is 4.90 Å². The molecule has 1 aromatic carbocycles. The summed E-state index contributed by atoms with van der Waals surface area (Å²) in [4.78, 5) is 29.0. The van der Waals surface area contributed by atoms with Crippen LogP contribution in [-0.2, 0) is 9.59 Å². The minimum absolute atomic E-state index is 0.129. The second-order valence-electron chi connectivity index (χ2n) is 4.70. The summed E-state index contributed by atoms with van der Waals surface area (Å²) < 4.78 is 0. The van der Waals surface area contributed by atoms with Crippen LogP contribution in [0.2, 0.25) is 0 Å². The largest absolute Gasteiger partial charge is 0.342 e. The SMILES string of the molecule is CCCN(C)C(=O)/C=C1/Sc2ccccc2N(C)C1=O. The number of hydrogen-bond acceptors (Lipinski definition) is 3. The van der Waals surface area contributed by atoms with Crippen LogP contribution >= 0.6 is 11.8 Å². The summed E-state index contributed by atoms with van der Waals surface area (Å²) in [6.07, 6.45) is 2.34. The highest BCUT2D eigenvalue weighted by molar-refractivity contribution is 8.04. The van der Waals surface area contributed by atoms with E-state index < -0.39 is 0 Å². The van der Waals surface area contributed by atoms with Crippen molar-refractivity contribution in [3.05, 3.63) is 35.2 Å². The van der Waals surface area contributed by atoms with Crippen LogP contribution in [0.15, 0.2) is 40.1 Å². The first kappa shape index (κ1) is 14.7. The van der Waals surface area contributed by atoms with Gasteiger partial charge in [-0.3, -0.25) is 9.59 Å². The molecule has 0 unspecified atom stereocenters. The van der Waals surface area contributed by atoms with Crippen molar-refractivity contribution in [2.75, 3.05) is 25.5 Å². The number of carbonyl (C=O) groups is 2. The van der Waals surface area contributed by atoms with Gasteiger partial charge in [0, 0.05) is 31.6 Å². The van der Waals surface area contributed by atoms with Crippen LogP contribution in [0.3, 0.4) is 0 Å². The average Bonchev–Trinajstić information content (AvgIpc) is 2.44. The van der Waals surface area contributed by atoms with Gasteiger partial charge in [-0.1, -0.05) is 30.8 Å². The maximum atomic E-state index is 12.3. The fourth-order valence-corrected chi connectivity index (χ4v) is 3.09. The van der Waals surface area contributed by atoms with E-state index in [1.165, 1.54) is 17.8 Å². The van der Waals surface area contributed by atoms with Crippen LogP contribution < -0.4 is 4.90 Å². The van der Waals surface area contributed by atoms with Crippen molar-refractivity contribution >= 4 is 29.3 Å². The van der Waals surface area contributed by atoms with Crippen molar-refractivity contribution < 1.29 is 9.59 Å². The van der Waals surface area contributed by atoms with Gasteiger partial charge in [0.2, 0.25) is 5.91 Å². The summed E-state index contributed by atoms with van der Waals surface area (Å²) in [5.41, 5.74) is 0.883. The number of carbonyl (C=O) groups excluding carboxylic acids is 2. The van der Waals surface area contributed by atoms with Gasteiger partial charge in [-0.25, -0.2) is 0 Å². The summed E-state index contributed by atoms with van der Waals surface area (Å²) in [7, 11) is 3.48. The van der Waals surface area contributed by atoms with E-state index >= 15 is 0 Å². The molecule has 5 heteroatoms. The topological polar surface area (TPSA) is 40.6 Å². The molecule has 0 aromatic heterocycles. The molecular formula is C15H18N2O2S. The number of nitrogens with zero attached hydrogens (tertiary/aromatic N) is 2. The first-order valence-electron chi connectivity index (χ1n) is 6.56. The van der Waals surface area contributed by atoms with E-state index in [4.69, 9.17) is 0 Å². The fraction of sp³-hybridized carbons (Fsp3) is 0.333. The van der Waals surface area contributed by atoms with E-state index in [0.717, 1.165) is 17.0 Å². The van der Waals surface area contributed by atoms with Gasteiger partial charge in [-0.05, 0) is 18.6 Å². The molecule has 1 heterocycles. The molecule has 0 saturated heterocycles. The van der Waals surface area contributed by atoms with Crippen molar-refractivity contribution in [2.45, 2.75) is 18.2 Å². The Labute approximate surface area is 123 Å². The number of rotatable bonds is 3. The second kappa shape index (κ2) is 6.13. The van der Waals surface area contributed by atoms with Crippen molar-refractivity contribution in [1.29, 1.82) is 0 Å². The van der Waals surface area contributed by atoms with E-state index in [-0.39, 0.29) is 11.8 Å². The highest BCUT2D eigenvalue weighted by Crippen LogP contribution is 2.40. The maximum absolute atomic E-state index is 12.3. The standard InChI is InChI=1S/C15H18N2O2S/c1-4-9-16(2)14(18)10-13-15(19)17(3)11-7-5-6-8-12(11)20-13/h5-8,10H,4,9H2,1-3H3/b13-10+. The zero-order valence-corrected chi connectivity index (χ0v) is 12.7. The summed E-state index contributed by atoms with van der Waals surface area (Å²) in [6, 6.07) is 7.69. The first-order chi connectivity index (χ1) is 9.54. The van der Waals surface area contributed by atoms with Gasteiger partial charge in [0.1, 0.15) is 0 Å². The smallest absolute Gasteiger partial charge is 0.265 e. The van der Waals surface area contributed by atoms with E-state index in [1.807, 2.05) is 31.2 Å². The van der Waals surface area contributed by atoms with E-state index in [0.29, 0.717) is 11.4 Å². The molecule has 0 atom stereocenters. The zero-order chi connectivity index (χ0) is 14.7. The number of para-hydroxylation sites is 1. The summed E-state index contributed by atoms with van der Waals surface area (Å²) in [5.74, 6) is -0.262. The lowest BCUT2D eigenvalue weighted by molar-refractivity contribution is -0.125. The van der Waals surface area contributed by atoms with Gasteiger partial charge < -0.3 is 9.80 Å². The highest BCUT2D eigenvalue weighted by atomic mass is 32.2. The molecule has 0 spiro atoms. The number of anilines is 1. The van der Waals surface area contributed by atoms with Crippen molar-refractivity contribution in [2.24, 2.45) is 0 Å². The van der Waals surface area contributed by atoms with Crippen molar-refractivity contribution in [3.63, 3.8) is 0 Å². The number of hydrogen-bond donors (Lipinski definition) is 0. The lowest BCUT2D eigenvalue weighted by Gasteiger charge is -2.26. The summed E-state index contributed by atoms with van der Waals surface area (Å²) in [6.45, 7) is 2.70. The Morgan fingerprint density at radius 1 is 1.40 bits per heavy atom. The Morgan fingerprint density at radius 3 is 2.80 bits per heavy atom. The number of likely N-dealkylation sites (N-methyl/N-ethyl adjacent to an activating group) is 2. The molecule has 2 amide bonds. The third-order valence-electron chi connectivity index (χ3n) is 3.15. The Morgan fingerprint density at radius 2 is 2.10 bits per heavy atom. The molecule has 20 heavy (non-hydrogen) atoms. The number of thioether (sulfide) groups is 1. The zero-order valence-electron chi connectivity index (χ0n) is 11.9. The third kappa shape index (κ3) is 2.88. The minimum atomic E-state index is -0.132. The molecule has 0 bridgehead atoms. The van der Waals surface area contributed by atoms with Gasteiger partial charge in [0.25, 0.3) is 5.91 Å². The molecule has 0 N–H and O–H groups in total. The molecule has 0 radical (unpaired) electrons. The number of amides is 2. The fourth-order valence-electron chi connectivity index (χ4n) is 2.02. The molecule has 1 aromatic rings. The van der Waals surface area contributed by atoms with Crippen LogP contribution in [0.1, 0.15) is 13.3 Å². The first-order valence-corrected chi connectivity index (χ1v) is 7.38. The van der Waals surface area contributed by atoms with Gasteiger partial charge in [0.05, 0.1) is 10.6 Å². The van der Waals surface area contributed by atoms with Gasteiger partial charge in [-0.15, -0.1) is 0 Å². The quantitative estimate of drug-likeness (QED) is 0.803. The van der Waals surface area contributed by atoms with Gasteiger partial charge >= 0.3 is 0 Å². The van der Waals surface area contributed by atoms with E-state index in [9.17, 15) is 9.59 Å². The predicted molar refractivity (Wildman–Crippen MR) is 81.7 cm³/mol. The molecular weight excluding hydrogens is 272 g/mol. The monoisotopic (exact) mass is 290 g/mol. The van der Waals surface area contributed by atoms with Crippen LogP contribution in [0, 0.1) is 0 Å². The maximum Gasteiger partial charge on any atom is 0.265 e. The Hall–Kier alpha value is -1.75. The van der Waals surface area contributed by atoms with Crippen LogP contribution in [0.25, 0.3) is 0 Å². The molecule has 0 fully saturated rings. The molecule has 0 saturated carbocycles. The van der Waals surface area contributed by atoms with Crippen LogP contribution in [-0.4, -0.2) is 37.4 Å². The molecule has 4 nitrogen and oxygen atoms in total. The average molecular weight is 290 g/mol. The predicted octanol–water partition coefficient (Wildman–Crippen LogP) is 2.51. The summed E-state index contributed by atoms with van der Waals surface area (Å²) >= 11 is 1.36. The number of benzene rings is 1. The van der Waals surface area contributed by atoms with E-state index in [2.05, 4.69) is 0 Å². The minimum Gasteiger partial charge on any atom is -0.342 e.